The number of carbonyl (C=O) groups excluding carboxylic acids is 2. The third-order valence-electron chi connectivity index (χ3n) is 8.93. The second kappa shape index (κ2) is 12.6. The molecule has 1 aliphatic carbocycles. The molecule has 2 saturated heterocycles. The van der Waals surface area contributed by atoms with E-state index in [9.17, 15) is 19.8 Å². The van der Waals surface area contributed by atoms with Crippen LogP contribution in [0, 0.1) is 17.8 Å². The van der Waals surface area contributed by atoms with Gasteiger partial charge < -0.3 is 20.3 Å². The van der Waals surface area contributed by atoms with Crippen molar-refractivity contribution in [2.24, 2.45) is 17.8 Å². The van der Waals surface area contributed by atoms with E-state index in [1.165, 1.54) is 10.5 Å². The van der Waals surface area contributed by atoms with Gasteiger partial charge in [0.15, 0.2) is 0 Å². The fourth-order valence-corrected chi connectivity index (χ4v) is 7.01. The molecule has 2 aliphatic heterocycles. The molecule has 3 aromatic carbocycles. The zero-order chi connectivity index (χ0) is 29.9. The average Bonchev–Trinajstić information content (AvgIpc) is 3.54. The molecule has 7 heteroatoms. The van der Waals surface area contributed by atoms with Crippen molar-refractivity contribution in [3.8, 4) is 5.75 Å². The number of amides is 2. The maximum absolute atomic E-state index is 13.9. The van der Waals surface area contributed by atoms with Crippen LogP contribution >= 0.6 is 0 Å². The number of allylic oxidation sites excluding steroid dienone is 1. The molecular formula is C36H38N2O5. The Morgan fingerprint density at radius 1 is 0.953 bits per heavy atom. The van der Waals surface area contributed by atoms with Gasteiger partial charge in [0.25, 0.3) is 0 Å². The molecule has 43 heavy (non-hydrogen) atoms. The molecule has 0 saturated carbocycles. The fourth-order valence-electron chi connectivity index (χ4n) is 7.01. The van der Waals surface area contributed by atoms with E-state index in [1.807, 2.05) is 66.7 Å². The second-order valence-corrected chi connectivity index (χ2v) is 11.7. The number of hydrogen-bond donors (Lipinski definition) is 3. The van der Waals surface area contributed by atoms with Crippen LogP contribution in [0.4, 0.5) is 17.1 Å². The standard InChI is InChI=1S/C36H38N2O5/c1-2-7-23(18-24-8-6-11-29(40)19-24)12-17-32-33-25(21-39)20-30-34(31(33)22-43-32)36(42)38(35(30)41)28-15-13-27(14-16-28)37-26-9-4-3-5-10-26/h3-6,8-11,13-16,18-19,30-32,34,37,39-40H,2,7,12,17,20-22H2,1H3/b23-18+/t30-,31+,32-,34-/m1/s1. The Hall–Kier alpha value is -4.20. The van der Waals surface area contributed by atoms with E-state index in [4.69, 9.17) is 4.74 Å². The molecule has 3 aromatic rings. The van der Waals surface area contributed by atoms with Gasteiger partial charge in [0, 0.05) is 17.3 Å². The summed E-state index contributed by atoms with van der Waals surface area (Å²) in [5.41, 5.74) is 6.47. The number of nitrogens with zero attached hydrogens (tertiary/aromatic N) is 1. The molecule has 0 unspecified atom stereocenters. The van der Waals surface area contributed by atoms with E-state index in [2.05, 4.69) is 18.3 Å². The third kappa shape index (κ3) is 5.88. The van der Waals surface area contributed by atoms with Crippen LogP contribution in [-0.2, 0) is 14.3 Å². The van der Waals surface area contributed by atoms with Gasteiger partial charge >= 0.3 is 0 Å². The number of para-hydroxylation sites is 1. The highest BCUT2D eigenvalue weighted by molar-refractivity contribution is 6.22. The summed E-state index contributed by atoms with van der Waals surface area (Å²) < 4.78 is 6.31. The Morgan fingerprint density at radius 2 is 1.72 bits per heavy atom. The first-order valence-electron chi connectivity index (χ1n) is 15.2. The average molecular weight is 579 g/mol. The molecule has 222 valence electrons. The molecule has 3 aliphatic rings. The summed E-state index contributed by atoms with van der Waals surface area (Å²) in [6, 6.07) is 24.4. The van der Waals surface area contributed by atoms with Crippen molar-refractivity contribution in [3.05, 3.63) is 101 Å². The number of carbonyl (C=O) groups is 2. The monoisotopic (exact) mass is 578 g/mol. The minimum Gasteiger partial charge on any atom is -0.508 e. The van der Waals surface area contributed by atoms with E-state index in [-0.39, 0.29) is 36.2 Å². The van der Waals surface area contributed by atoms with Gasteiger partial charge in [0.2, 0.25) is 11.8 Å². The number of phenolic OH excluding ortho intramolecular Hbond substituents is 1. The first kappa shape index (κ1) is 28.9. The molecule has 0 radical (unpaired) electrons. The maximum Gasteiger partial charge on any atom is 0.238 e. The highest BCUT2D eigenvalue weighted by Crippen LogP contribution is 2.50. The minimum atomic E-state index is -0.492. The normalized spacial score (nSPS) is 23.5. The van der Waals surface area contributed by atoms with Crippen molar-refractivity contribution >= 4 is 35.0 Å². The summed E-state index contributed by atoms with van der Waals surface area (Å²) in [7, 11) is 0. The Labute approximate surface area is 252 Å². The predicted octanol–water partition coefficient (Wildman–Crippen LogP) is 6.61. The van der Waals surface area contributed by atoms with Gasteiger partial charge in [-0.25, -0.2) is 0 Å². The van der Waals surface area contributed by atoms with Crippen molar-refractivity contribution < 1.29 is 24.5 Å². The number of fused-ring (bicyclic) bond motifs is 3. The second-order valence-electron chi connectivity index (χ2n) is 11.7. The van der Waals surface area contributed by atoms with Crippen molar-refractivity contribution in [2.75, 3.05) is 23.4 Å². The predicted molar refractivity (Wildman–Crippen MR) is 168 cm³/mol. The molecular weight excluding hydrogens is 540 g/mol. The van der Waals surface area contributed by atoms with E-state index in [0.717, 1.165) is 53.8 Å². The number of nitrogens with one attached hydrogen (secondary N) is 1. The summed E-state index contributed by atoms with van der Waals surface area (Å²) in [5.74, 6) is -1.33. The topological polar surface area (TPSA) is 99.1 Å². The third-order valence-corrected chi connectivity index (χ3v) is 8.93. The number of aliphatic hydroxyl groups excluding tert-OH is 1. The van der Waals surface area contributed by atoms with Crippen LogP contribution < -0.4 is 10.2 Å². The smallest absolute Gasteiger partial charge is 0.238 e. The number of aromatic hydroxyl groups is 1. The lowest BCUT2D eigenvalue weighted by molar-refractivity contribution is -0.122. The largest absolute Gasteiger partial charge is 0.508 e. The highest BCUT2D eigenvalue weighted by atomic mass is 16.5. The van der Waals surface area contributed by atoms with Crippen LogP contribution in [0.3, 0.4) is 0 Å². The molecule has 2 fully saturated rings. The zero-order valence-electron chi connectivity index (χ0n) is 24.4. The summed E-state index contributed by atoms with van der Waals surface area (Å²) >= 11 is 0. The quantitative estimate of drug-likeness (QED) is 0.185. The number of hydrogen-bond acceptors (Lipinski definition) is 6. The van der Waals surface area contributed by atoms with Crippen LogP contribution in [-0.4, -0.2) is 41.3 Å². The highest BCUT2D eigenvalue weighted by Gasteiger charge is 2.57. The molecule has 7 nitrogen and oxygen atoms in total. The van der Waals surface area contributed by atoms with Crippen LogP contribution in [0.2, 0.25) is 0 Å². The first-order valence-corrected chi connectivity index (χ1v) is 15.2. The SMILES string of the molecule is CCC/C(=C\c1cccc(O)c1)CC[C@H]1OC[C@H]2C1=C(CO)C[C@H]1C(=O)N(c3ccc(Nc4ccccc4)cc3)C(=O)[C@H]12. The van der Waals surface area contributed by atoms with Gasteiger partial charge in [-0.2, -0.15) is 0 Å². The van der Waals surface area contributed by atoms with Gasteiger partial charge in [0.1, 0.15) is 5.75 Å². The summed E-state index contributed by atoms with van der Waals surface area (Å²) in [6.45, 7) is 2.38. The lowest BCUT2D eigenvalue weighted by Crippen LogP contribution is -2.35. The van der Waals surface area contributed by atoms with Crippen LogP contribution in [0.25, 0.3) is 6.08 Å². The lowest BCUT2D eigenvalue weighted by Gasteiger charge is -2.31. The Bertz CT molecular complexity index is 1550. The van der Waals surface area contributed by atoms with Crippen molar-refractivity contribution in [1.29, 1.82) is 0 Å². The summed E-state index contributed by atoms with van der Waals surface area (Å²) in [5, 5.41) is 23.6. The minimum absolute atomic E-state index is 0.142. The van der Waals surface area contributed by atoms with Gasteiger partial charge in [-0.1, -0.05) is 55.3 Å². The Balaban J connectivity index is 1.18. The van der Waals surface area contributed by atoms with Gasteiger partial charge in [-0.05, 0) is 90.9 Å². The molecule has 2 amide bonds. The number of rotatable bonds is 10. The molecule has 0 aromatic heterocycles. The molecule has 2 heterocycles. The van der Waals surface area contributed by atoms with E-state index in [1.54, 1.807) is 12.1 Å². The van der Waals surface area contributed by atoms with Crippen molar-refractivity contribution in [2.45, 2.75) is 45.1 Å². The molecule has 0 spiro atoms. The lowest BCUT2D eigenvalue weighted by atomic mass is 9.69. The Morgan fingerprint density at radius 3 is 2.44 bits per heavy atom. The number of phenols is 1. The van der Waals surface area contributed by atoms with Gasteiger partial charge in [-0.3, -0.25) is 14.5 Å². The van der Waals surface area contributed by atoms with Crippen molar-refractivity contribution in [1.82, 2.24) is 0 Å². The molecule has 0 bridgehead atoms. The molecule has 3 N–H and O–H groups in total. The van der Waals surface area contributed by atoms with Crippen LogP contribution in [0.5, 0.6) is 5.75 Å². The number of benzene rings is 3. The number of anilines is 3. The summed E-state index contributed by atoms with van der Waals surface area (Å²) in [4.78, 5) is 28.9. The van der Waals surface area contributed by atoms with Gasteiger partial charge in [0.05, 0.1) is 36.8 Å². The maximum atomic E-state index is 13.9. The van der Waals surface area contributed by atoms with Crippen LogP contribution in [0.1, 0.15) is 44.6 Å². The summed E-state index contributed by atoms with van der Waals surface area (Å²) in [6.07, 6.45) is 5.79. The number of imide groups is 1. The van der Waals surface area contributed by atoms with Crippen LogP contribution in [0.15, 0.2) is 95.6 Å². The molecule has 4 atom stereocenters. The van der Waals surface area contributed by atoms with E-state index >= 15 is 0 Å². The van der Waals surface area contributed by atoms with Crippen molar-refractivity contribution in [3.63, 3.8) is 0 Å². The number of aliphatic hydroxyl groups is 1. The van der Waals surface area contributed by atoms with Gasteiger partial charge in [-0.15, -0.1) is 0 Å². The van der Waals surface area contributed by atoms with E-state index in [0.29, 0.717) is 18.7 Å². The zero-order valence-corrected chi connectivity index (χ0v) is 24.4. The molecule has 6 rings (SSSR count). The Kier molecular flexibility index (Phi) is 8.45. The number of ether oxygens (including phenoxy) is 1. The van der Waals surface area contributed by atoms with E-state index < -0.39 is 11.8 Å². The fraction of sp³-hybridized carbons (Fsp3) is 0.333. The first-order chi connectivity index (χ1) is 21.0.